The lowest BCUT2D eigenvalue weighted by atomic mass is 9.91. The fourth-order valence-corrected chi connectivity index (χ4v) is 3.53. The molecular weight excluding hydrogens is 306 g/mol. The number of aromatic nitrogens is 1. The Balaban J connectivity index is 2.00. The monoisotopic (exact) mass is 325 g/mol. The highest BCUT2D eigenvalue weighted by Crippen LogP contribution is 2.36. The first-order chi connectivity index (χ1) is 12.3. The number of phenols is 1. The van der Waals surface area contributed by atoms with Gasteiger partial charge in [-0.15, -0.1) is 0 Å². The predicted octanol–water partition coefficient (Wildman–Crippen LogP) is 5.12. The van der Waals surface area contributed by atoms with Gasteiger partial charge >= 0.3 is 0 Å². The summed E-state index contributed by atoms with van der Waals surface area (Å²) in [6.45, 7) is 3.97. The molecule has 25 heavy (non-hydrogen) atoms. The molecule has 3 aromatic rings. The molecule has 1 heterocycles. The zero-order chi connectivity index (χ0) is 17.2. The van der Waals surface area contributed by atoms with E-state index < -0.39 is 0 Å². The van der Waals surface area contributed by atoms with E-state index in [4.69, 9.17) is 0 Å². The van der Waals surface area contributed by atoms with Crippen LogP contribution >= 0.6 is 0 Å². The van der Waals surface area contributed by atoms with Crippen molar-refractivity contribution in [3.05, 3.63) is 101 Å². The number of fused-ring (bicyclic) bond motifs is 2. The van der Waals surface area contributed by atoms with Crippen LogP contribution in [0.2, 0.25) is 0 Å². The van der Waals surface area contributed by atoms with Crippen molar-refractivity contribution >= 4 is 17.7 Å². The molecule has 4 rings (SSSR count). The van der Waals surface area contributed by atoms with Crippen molar-refractivity contribution in [2.45, 2.75) is 12.8 Å². The minimum Gasteiger partial charge on any atom is -0.508 e. The van der Waals surface area contributed by atoms with Gasteiger partial charge in [-0.25, -0.2) is 0 Å². The molecule has 0 atom stereocenters. The van der Waals surface area contributed by atoms with E-state index in [0.29, 0.717) is 0 Å². The van der Waals surface area contributed by atoms with Gasteiger partial charge in [0, 0.05) is 17.5 Å². The standard InChI is InChI=1S/C23H19NO/c1-2-17-7-4-9-20-19(17)11-12-23-21(10-5-13-24-23)22(20)15-16-6-3-8-18(25)14-16/h2-10,13-15,25H,1,11-12H2/b22-15+. The molecule has 0 spiro atoms. The second-order valence-corrected chi connectivity index (χ2v) is 6.23. The number of hydrogen-bond donors (Lipinski definition) is 1. The smallest absolute Gasteiger partial charge is 0.116 e. The zero-order valence-corrected chi connectivity index (χ0v) is 13.9. The number of nitrogens with zero attached hydrogens (tertiary/aromatic N) is 1. The van der Waals surface area contributed by atoms with Crippen LogP contribution in [0, 0.1) is 0 Å². The molecule has 2 nitrogen and oxygen atoms in total. The van der Waals surface area contributed by atoms with Crippen molar-refractivity contribution in [1.29, 1.82) is 0 Å². The Kier molecular flexibility index (Phi) is 3.95. The Bertz CT molecular complexity index is 985. The third-order valence-corrected chi connectivity index (χ3v) is 4.70. The van der Waals surface area contributed by atoms with E-state index in [1.807, 2.05) is 30.5 Å². The molecular formula is C23H19NO. The molecule has 1 aromatic heterocycles. The minimum absolute atomic E-state index is 0.273. The largest absolute Gasteiger partial charge is 0.508 e. The van der Waals surface area contributed by atoms with E-state index in [9.17, 15) is 5.11 Å². The third kappa shape index (κ3) is 2.87. The summed E-state index contributed by atoms with van der Waals surface area (Å²) in [7, 11) is 0. The first-order valence-corrected chi connectivity index (χ1v) is 8.46. The van der Waals surface area contributed by atoms with Crippen molar-refractivity contribution < 1.29 is 5.11 Å². The number of pyridine rings is 1. The van der Waals surface area contributed by atoms with Gasteiger partial charge in [0.25, 0.3) is 0 Å². The van der Waals surface area contributed by atoms with Gasteiger partial charge in [-0.05, 0) is 64.9 Å². The van der Waals surface area contributed by atoms with E-state index in [0.717, 1.165) is 35.2 Å². The van der Waals surface area contributed by atoms with E-state index in [1.165, 1.54) is 16.7 Å². The lowest BCUT2D eigenvalue weighted by Crippen LogP contribution is -1.95. The van der Waals surface area contributed by atoms with Gasteiger partial charge in [0.15, 0.2) is 0 Å². The van der Waals surface area contributed by atoms with Crippen LogP contribution in [-0.2, 0) is 12.8 Å². The minimum atomic E-state index is 0.273. The highest BCUT2D eigenvalue weighted by Gasteiger charge is 2.20. The lowest BCUT2D eigenvalue weighted by molar-refractivity contribution is 0.475. The molecule has 0 radical (unpaired) electrons. The molecule has 0 unspecified atom stereocenters. The number of aromatic hydroxyl groups is 1. The maximum atomic E-state index is 9.82. The molecule has 0 saturated carbocycles. The fraction of sp³-hybridized carbons (Fsp3) is 0.0870. The second kappa shape index (κ2) is 6.40. The van der Waals surface area contributed by atoms with Crippen molar-refractivity contribution in [2.24, 2.45) is 0 Å². The maximum Gasteiger partial charge on any atom is 0.116 e. The van der Waals surface area contributed by atoms with Crippen LogP contribution in [0.3, 0.4) is 0 Å². The fourth-order valence-electron chi connectivity index (χ4n) is 3.53. The van der Waals surface area contributed by atoms with E-state index in [1.54, 1.807) is 12.1 Å². The summed E-state index contributed by atoms with van der Waals surface area (Å²) >= 11 is 0. The summed E-state index contributed by atoms with van der Waals surface area (Å²) in [6.07, 6.45) is 7.77. The van der Waals surface area contributed by atoms with Gasteiger partial charge in [0.1, 0.15) is 5.75 Å². The first kappa shape index (κ1) is 15.4. The van der Waals surface area contributed by atoms with Gasteiger partial charge in [-0.2, -0.15) is 0 Å². The van der Waals surface area contributed by atoms with Crippen LogP contribution in [0.15, 0.2) is 67.4 Å². The predicted molar refractivity (Wildman–Crippen MR) is 103 cm³/mol. The topological polar surface area (TPSA) is 33.1 Å². The summed E-state index contributed by atoms with van der Waals surface area (Å²) in [6, 6.07) is 17.8. The SMILES string of the molecule is C=Cc1cccc2c1CCc1ncccc1/C2=C/c1cccc(O)c1. The molecule has 2 aromatic carbocycles. The average molecular weight is 325 g/mol. The van der Waals surface area contributed by atoms with Gasteiger partial charge in [0.05, 0.1) is 0 Å². The molecule has 0 saturated heterocycles. The molecule has 1 N–H and O–H groups in total. The Morgan fingerprint density at radius 2 is 1.80 bits per heavy atom. The highest BCUT2D eigenvalue weighted by molar-refractivity contribution is 5.94. The molecule has 122 valence electrons. The Morgan fingerprint density at radius 1 is 0.960 bits per heavy atom. The zero-order valence-electron chi connectivity index (χ0n) is 13.9. The van der Waals surface area contributed by atoms with Crippen LogP contribution in [0.4, 0.5) is 0 Å². The van der Waals surface area contributed by atoms with Gasteiger partial charge in [-0.1, -0.05) is 49.1 Å². The Morgan fingerprint density at radius 3 is 2.64 bits per heavy atom. The maximum absolute atomic E-state index is 9.82. The summed E-state index contributed by atoms with van der Waals surface area (Å²) in [5, 5.41) is 9.82. The van der Waals surface area contributed by atoms with E-state index in [2.05, 4.69) is 41.9 Å². The normalized spacial score (nSPS) is 14.5. The molecule has 1 aliphatic carbocycles. The number of phenolic OH excluding ortho intramolecular Hbond substituents is 1. The van der Waals surface area contributed by atoms with Gasteiger partial charge in [-0.3, -0.25) is 4.98 Å². The number of aryl methyl sites for hydroxylation is 1. The quantitative estimate of drug-likeness (QED) is 0.709. The third-order valence-electron chi connectivity index (χ3n) is 4.70. The van der Waals surface area contributed by atoms with Crippen molar-refractivity contribution in [2.75, 3.05) is 0 Å². The molecule has 0 bridgehead atoms. The highest BCUT2D eigenvalue weighted by atomic mass is 16.3. The number of rotatable bonds is 2. The van der Waals surface area contributed by atoms with Crippen LogP contribution in [0.5, 0.6) is 5.75 Å². The molecule has 1 aliphatic rings. The van der Waals surface area contributed by atoms with Crippen LogP contribution in [-0.4, -0.2) is 10.1 Å². The van der Waals surface area contributed by atoms with Crippen LogP contribution in [0.25, 0.3) is 17.7 Å². The second-order valence-electron chi connectivity index (χ2n) is 6.23. The van der Waals surface area contributed by atoms with E-state index in [-0.39, 0.29) is 5.75 Å². The van der Waals surface area contributed by atoms with Gasteiger partial charge in [0.2, 0.25) is 0 Å². The van der Waals surface area contributed by atoms with Gasteiger partial charge < -0.3 is 5.11 Å². The number of benzene rings is 2. The lowest BCUT2D eigenvalue weighted by Gasteiger charge is -2.13. The van der Waals surface area contributed by atoms with Crippen molar-refractivity contribution in [1.82, 2.24) is 4.98 Å². The molecule has 0 fully saturated rings. The van der Waals surface area contributed by atoms with Crippen LogP contribution in [0.1, 0.15) is 33.5 Å². The molecule has 0 aliphatic heterocycles. The average Bonchev–Trinajstić information content (AvgIpc) is 2.79. The molecule has 2 heteroatoms. The van der Waals surface area contributed by atoms with Crippen LogP contribution < -0.4 is 0 Å². The van der Waals surface area contributed by atoms with E-state index >= 15 is 0 Å². The summed E-state index contributed by atoms with van der Waals surface area (Å²) < 4.78 is 0. The summed E-state index contributed by atoms with van der Waals surface area (Å²) in [5.41, 5.74) is 8.08. The molecule has 0 amide bonds. The van der Waals surface area contributed by atoms with Crippen molar-refractivity contribution in [3.8, 4) is 5.75 Å². The number of hydrogen-bond acceptors (Lipinski definition) is 2. The Labute approximate surface area is 147 Å². The Hall–Kier alpha value is -3.13. The van der Waals surface area contributed by atoms with Crippen molar-refractivity contribution in [3.63, 3.8) is 0 Å². The summed E-state index contributed by atoms with van der Waals surface area (Å²) in [4.78, 5) is 4.61. The summed E-state index contributed by atoms with van der Waals surface area (Å²) in [5.74, 6) is 0.273. The first-order valence-electron chi connectivity index (χ1n) is 8.46.